The molecule has 1 aromatic rings. The van der Waals surface area contributed by atoms with E-state index in [1.165, 1.54) is 5.56 Å². The van der Waals surface area contributed by atoms with Crippen LogP contribution in [0.25, 0.3) is 0 Å². The Morgan fingerprint density at radius 2 is 1.72 bits per heavy atom. The SMILES string of the molecule is Cc1ccc(NCCS(=O)(=O)CCC(C)C)cc1. The van der Waals surface area contributed by atoms with Crippen LogP contribution in [0.5, 0.6) is 0 Å². The van der Waals surface area contributed by atoms with Gasteiger partial charge in [-0.3, -0.25) is 0 Å². The molecule has 0 fully saturated rings. The van der Waals surface area contributed by atoms with Gasteiger partial charge in [0, 0.05) is 12.2 Å². The van der Waals surface area contributed by atoms with Gasteiger partial charge in [-0.05, 0) is 31.4 Å². The number of rotatable bonds is 7. The summed E-state index contributed by atoms with van der Waals surface area (Å²) >= 11 is 0. The largest absolute Gasteiger partial charge is 0.384 e. The standard InChI is InChI=1S/C14H23NO2S/c1-12(2)8-10-18(16,17)11-9-15-14-6-4-13(3)5-7-14/h4-7,12,15H,8-11H2,1-3H3. The van der Waals surface area contributed by atoms with E-state index in [4.69, 9.17) is 0 Å². The molecule has 0 amide bonds. The second-order valence-electron chi connectivity index (χ2n) is 5.13. The zero-order chi connectivity index (χ0) is 13.6. The van der Waals surface area contributed by atoms with Crippen LogP contribution in [0.2, 0.25) is 0 Å². The van der Waals surface area contributed by atoms with Crippen molar-refractivity contribution >= 4 is 15.5 Å². The summed E-state index contributed by atoms with van der Waals surface area (Å²) in [4.78, 5) is 0. The predicted molar refractivity (Wildman–Crippen MR) is 77.8 cm³/mol. The van der Waals surface area contributed by atoms with Crippen LogP contribution in [-0.4, -0.2) is 26.5 Å². The van der Waals surface area contributed by atoms with E-state index in [0.717, 1.165) is 12.1 Å². The summed E-state index contributed by atoms with van der Waals surface area (Å²) in [6.45, 7) is 6.59. The van der Waals surface area contributed by atoms with E-state index in [-0.39, 0.29) is 5.75 Å². The number of hydrogen-bond acceptors (Lipinski definition) is 3. The van der Waals surface area contributed by atoms with E-state index < -0.39 is 9.84 Å². The molecule has 0 radical (unpaired) electrons. The molecule has 0 aromatic heterocycles. The molecule has 0 saturated carbocycles. The van der Waals surface area contributed by atoms with Gasteiger partial charge in [-0.15, -0.1) is 0 Å². The smallest absolute Gasteiger partial charge is 0.152 e. The molecule has 0 heterocycles. The highest BCUT2D eigenvalue weighted by Crippen LogP contribution is 2.08. The fraction of sp³-hybridized carbons (Fsp3) is 0.571. The summed E-state index contributed by atoms with van der Waals surface area (Å²) in [7, 11) is -2.92. The first kappa shape index (κ1) is 15.0. The Bertz CT molecular complexity index is 449. The van der Waals surface area contributed by atoms with Crippen LogP contribution in [0.1, 0.15) is 25.8 Å². The zero-order valence-corrected chi connectivity index (χ0v) is 12.3. The summed E-state index contributed by atoms with van der Waals surface area (Å²) in [5.41, 5.74) is 2.17. The Hall–Kier alpha value is -1.03. The second kappa shape index (κ2) is 6.78. The van der Waals surface area contributed by atoms with Crippen molar-refractivity contribution in [3.63, 3.8) is 0 Å². The second-order valence-corrected chi connectivity index (χ2v) is 7.43. The van der Waals surface area contributed by atoms with E-state index >= 15 is 0 Å². The Balaban J connectivity index is 2.34. The van der Waals surface area contributed by atoms with Crippen LogP contribution < -0.4 is 5.32 Å². The topological polar surface area (TPSA) is 46.2 Å². The van der Waals surface area contributed by atoms with Crippen molar-refractivity contribution < 1.29 is 8.42 Å². The van der Waals surface area contributed by atoms with Crippen molar-refractivity contribution in [1.82, 2.24) is 0 Å². The van der Waals surface area contributed by atoms with Crippen molar-refractivity contribution in [2.24, 2.45) is 5.92 Å². The number of anilines is 1. The van der Waals surface area contributed by atoms with E-state index in [2.05, 4.69) is 5.32 Å². The first-order valence-corrected chi connectivity index (χ1v) is 8.22. The molecule has 1 aromatic carbocycles. The molecule has 1 N–H and O–H groups in total. The van der Waals surface area contributed by atoms with Crippen molar-refractivity contribution in [3.8, 4) is 0 Å². The van der Waals surface area contributed by atoms with Crippen LogP contribution in [0.4, 0.5) is 5.69 Å². The first-order valence-electron chi connectivity index (χ1n) is 6.40. The van der Waals surface area contributed by atoms with Crippen LogP contribution in [0, 0.1) is 12.8 Å². The summed E-state index contributed by atoms with van der Waals surface area (Å²) in [5.74, 6) is 0.929. The van der Waals surface area contributed by atoms with Gasteiger partial charge in [0.2, 0.25) is 0 Å². The molecular weight excluding hydrogens is 246 g/mol. The van der Waals surface area contributed by atoms with Gasteiger partial charge in [-0.2, -0.15) is 0 Å². The highest BCUT2D eigenvalue weighted by atomic mass is 32.2. The quantitative estimate of drug-likeness (QED) is 0.828. The van der Waals surface area contributed by atoms with Gasteiger partial charge < -0.3 is 5.32 Å². The van der Waals surface area contributed by atoms with Gasteiger partial charge in [0.15, 0.2) is 9.84 Å². The Labute approximate surface area is 111 Å². The van der Waals surface area contributed by atoms with Crippen molar-refractivity contribution in [2.45, 2.75) is 27.2 Å². The van der Waals surface area contributed by atoms with Gasteiger partial charge in [0.1, 0.15) is 0 Å². The Morgan fingerprint density at radius 1 is 1.11 bits per heavy atom. The lowest BCUT2D eigenvalue weighted by Crippen LogP contribution is -2.19. The molecule has 0 atom stereocenters. The predicted octanol–water partition coefficient (Wildman–Crippen LogP) is 2.87. The maximum Gasteiger partial charge on any atom is 0.152 e. The average Bonchev–Trinajstić information content (AvgIpc) is 2.29. The number of aryl methyl sites for hydroxylation is 1. The molecule has 0 unspecified atom stereocenters. The lowest BCUT2D eigenvalue weighted by molar-refractivity contribution is 0.574. The van der Waals surface area contributed by atoms with Crippen LogP contribution >= 0.6 is 0 Å². The minimum absolute atomic E-state index is 0.202. The van der Waals surface area contributed by atoms with Crippen molar-refractivity contribution in [1.29, 1.82) is 0 Å². The van der Waals surface area contributed by atoms with Crippen molar-refractivity contribution in [3.05, 3.63) is 29.8 Å². The summed E-state index contributed by atoms with van der Waals surface area (Å²) in [6, 6.07) is 7.96. The molecule has 0 aliphatic heterocycles. The fourth-order valence-corrected chi connectivity index (χ4v) is 2.99. The molecule has 3 nitrogen and oxygen atoms in total. The fourth-order valence-electron chi connectivity index (χ4n) is 1.54. The number of nitrogens with one attached hydrogen (secondary N) is 1. The minimum Gasteiger partial charge on any atom is -0.384 e. The molecule has 0 spiro atoms. The minimum atomic E-state index is -2.92. The highest BCUT2D eigenvalue weighted by molar-refractivity contribution is 7.91. The van der Waals surface area contributed by atoms with E-state index in [9.17, 15) is 8.42 Å². The maximum atomic E-state index is 11.7. The van der Waals surface area contributed by atoms with Gasteiger partial charge in [-0.25, -0.2) is 8.42 Å². The van der Waals surface area contributed by atoms with Gasteiger partial charge in [-0.1, -0.05) is 31.5 Å². The first-order chi connectivity index (χ1) is 8.39. The molecule has 102 valence electrons. The number of hydrogen-bond donors (Lipinski definition) is 1. The van der Waals surface area contributed by atoms with Gasteiger partial charge in [0.05, 0.1) is 11.5 Å². The summed E-state index contributed by atoms with van der Waals surface area (Å²) in [5, 5.41) is 3.14. The van der Waals surface area contributed by atoms with E-state index in [1.54, 1.807) is 0 Å². The molecule has 0 aliphatic rings. The van der Waals surface area contributed by atoms with Crippen molar-refractivity contribution in [2.75, 3.05) is 23.4 Å². The maximum absolute atomic E-state index is 11.7. The molecule has 0 bridgehead atoms. The Morgan fingerprint density at radius 3 is 2.28 bits per heavy atom. The Kier molecular flexibility index (Phi) is 5.66. The summed E-state index contributed by atoms with van der Waals surface area (Å²) in [6.07, 6.45) is 0.743. The summed E-state index contributed by atoms with van der Waals surface area (Å²) < 4.78 is 23.5. The molecule has 4 heteroatoms. The third kappa shape index (κ3) is 6.05. The number of sulfone groups is 1. The lowest BCUT2D eigenvalue weighted by atomic mass is 10.2. The molecule has 0 aliphatic carbocycles. The van der Waals surface area contributed by atoms with Crippen LogP contribution in [0.15, 0.2) is 24.3 Å². The van der Waals surface area contributed by atoms with E-state index in [0.29, 0.717) is 18.2 Å². The molecule has 1 rings (SSSR count). The third-order valence-electron chi connectivity index (χ3n) is 2.80. The van der Waals surface area contributed by atoms with Gasteiger partial charge in [0.25, 0.3) is 0 Å². The van der Waals surface area contributed by atoms with Gasteiger partial charge >= 0.3 is 0 Å². The lowest BCUT2D eigenvalue weighted by Gasteiger charge is -2.08. The zero-order valence-electron chi connectivity index (χ0n) is 11.4. The highest BCUT2D eigenvalue weighted by Gasteiger charge is 2.11. The van der Waals surface area contributed by atoms with E-state index in [1.807, 2.05) is 45.0 Å². The number of benzene rings is 1. The third-order valence-corrected chi connectivity index (χ3v) is 4.48. The van der Waals surface area contributed by atoms with Crippen LogP contribution in [0.3, 0.4) is 0 Å². The molecule has 18 heavy (non-hydrogen) atoms. The molecule has 0 saturated heterocycles. The normalized spacial score (nSPS) is 11.8. The monoisotopic (exact) mass is 269 g/mol. The average molecular weight is 269 g/mol. The van der Waals surface area contributed by atoms with Crippen LogP contribution in [-0.2, 0) is 9.84 Å². The molecular formula is C14H23NO2S.